The third kappa shape index (κ3) is 3.40. The van der Waals surface area contributed by atoms with Crippen LogP contribution in [0.2, 0.25) is 0 Å². The number of hydrogen-bond acceptors (Lipinski definition) is 2. The van der Waals surface area contributed by atoms with E-state index >= 15 is 0 Å². The van der Waals surface area contributed by atoms with E-state index in [4.69, 9.17) is 10.00 Å². The molecule has 0 aliphatic carbocycles. The molecule has 0 saturated heterocycles. The van der Waals surface area contributed by atoms with Crippen LogP contribution in [-0.2, 0) is 5.33 Å². The number of alkyl halides is 1. The summed E-state index contributed by atoms with van der Waals surface area (Å²) in [5.41, 5.74) is 4.01. The van der Waals surface area contributed by atoms with Crippen LogP contribution in [0.25, 0.3) is 11.1 Å². The fraction of sp³-hybridized carbons (Fsp3) is 0.235. The molecule has 2 aromatic rings. The lowest BCUT2D eigenvalue weighted by atomic mass is 10.0. The van der Waals surface area contributed by atoms with Gasteiger partial charge in [0.15, 0.2) is 0 Å². The molecule has 0 saturated carbocycles. The first-order chi connectivity index (χ1) is 9.78. The molecule has 0 fully saturated rings. The van der Waals surface area contributed by atoms with E-state index in [2.05, 4.69) is 47.1 Å². The highest BCUT2D eigenvalue weighted by Crippen LogP contribution is 2.29. The van der Waals surface area contributed by atoms with Crippen molar-refractivity contribution in [1.82, 2.24) is 0 Å². The number of ether oxygens (including phenoxy) is 1. The normalized spacial score (nSPS) is 10.1. The van der Waals surface area contributed by atoms with Gasteiger partial charge in [-0.15, -0.1) is 0 Å². The molecule has 0 amide bonds. The van der Waals surface area contributed by atoms with Crippen LogP contribution in [-0.4, -0.2) is 6.61 Å². The Morgan fingerprint density at radius 3 is 2.40 bits per heavy atom. The Morgan fingerprint density at radius 2 is 1.80 bits per heavy atom. The molecule has 0 radical (unpaired) electrons. The first kappa shape index (κ1) is 14.6. The summed E-state index contributed by atoms with van der Waals surface area (Å²) in [6.07, 6.45) is 0.989. The van der Waals surface area contributed by atoms with E-state index in [1.807, 2.05) is 24.3 Å². The van der Waals surface area contributed by atoms with Crippen LogP contribution >= 0.6 is 15.9 Å². The molecule has 2 nitrogen and oxygen atoms in total. The van der Waals surface area contributed by atoms with Crippen molar-refractivity contribution in [3.05, 3.63) is 53.6 Å². The van der Waals surface area contributed by atoms with E-state index in [0.717, 1.165) is 40.8 Å². The van der Waals surface area contributed by atoms with Gasteiger partial charge in [-0.05, 0) is 35.7 Å². The van der Waals surface area contributed by atoms with Crippen LogP contribution in [0.5, 0.6) is 5.75 Å². The topological polar surface area (TPSA) is 33.0 Å². The Morgan fingerprint density at radius 1 is 1.10 bits per heavy atom. The summed E-state index contributed by atoms with van der Waals surface area (Å²) in [4.78, 5) is 0. The highest BCUT2D eigenvalue weighted by atomic mass is 79.9. The van der Waals surface area contributed by atoms with Gasteiger partial charge in [-0.1, -0.05) is 47.1 Å². The van der Waals surface area contributed by atoms with E-state index in [-0.39, 0.29) is 0 Å². The van der Waals surface area contributed by atoms with Gasteiger partial charge >= 0.3 is 0 Å². The second-order valence-corrected chi connectivity index (χ2v) is 5.05. The van der Waals surface area contributed by atoms with Gasteiger partial charge in [-0.2, -0.15) is 5.26 Å². The maximum atomic E-state index is 8.83. The highest BCUT2D eigenvalue weighted by molar-refractivity contribution is 9.08. The molecule has 20 heavy (non-hydrogen) atoms. The monoisotopic (exact) mass is 329 g/mol. The van der Waals surface area contributed by atoms with Gasteiger partial charge in [0.2, 0.25) is 0 Å². The molecule has 0 aromatic heterocycles. The van der Waals surface area contributed by atoms with Crippen molar-refractivity contribution in [3.63, 3.8) is 0 Å². The van der Waals surface area contributed by atoms with Gasteiger partial charge in [0.05, 0.1) is 18.2 Å². The van der Waals surface area contributed by atoms with Crippen LogP contribution in [0, 0.1) is 11.3 Å². The van der Waals surface area contributed by atoms with Gasteiger partial charge in [0.1, 0.15) is 5.75 Å². The molecule has 2 aromatic carbocycles. The third-order valence-corrected chi connectivity index (χ3v) is 3.62. The maximum Gasteiger partial charge on any atom is 0.123 e. The molecular weight excluding hydrogens is 314 g/mol. The molecule has 3 heteroatoms. The molecule has 0 atom stereocenters. The van der Waals surface area contributed by atoms with Crippen molar-refractivity contribution in [3.8, 4) is 22.9 Å². The summed E-state index contributed by atoms with van der Waals surface area (Å²) >= 11 is 3.48. The molecule has 0 spiro atoms. The van der Waals surface area contributed by atoms with Crippen molar-refractivity contribution in [2.75, 3.05) is 6.61 Å². The Hall–Kier alpha value is -1.79. The minimum atomic E-state index is 0.674. The first-order valence-corrected chi connectivity index (χ1v) is 7.73. The zero-order valence-corrected chi connectivity index (χ0v) is 13.0. The zero-order valence-electron chi connectivity index (χ0n) is 11.4. The van der Waals surface area contributed by atoms with Crippen molar-refractivity contribution in [1.29, 1.82) is 5.26 Å². The van der Waals surface area contributed by atoms with Crippen molar-refractivity contribution in [2.24, 2.45) is 0 Å². The molecule has 0 aliphatic heterocycles. The van der Waals surface area contributed by atoms with Gasteiger partial charge < -0.3 is 4.74 Å². The number of nitriles is 1. The van der Waals surface area contributed by atoms with Crippen molar-refractivity contribution < 1.29 is 4.74 Å². The van der Waals surface area contributed by atoms with Crippen molar-refractivity contribution in [2.45, 2.75) is 18.7 Å². The lowest BCUT2D eigenvalue weighted by Crippen LogP contribution is -1.98. The predicted octanol–water partition coefficient (Wildman–Crippen LogP) is 4.91. The molecule has 0 unspecified atom stereocenters. The van der Waals surface area contributed by atoms with Gasteiger partial charge in [-0.3, -0.25) is 0 Å². The average Bonchev–Trinajstić information content (AvgIpc) is 2.52. The molecule has 2 rings (SSSR count). The van der Waals surface area contributed by atoms with E-state index in [1.165, 1.54) is 0 Å². The number of rotatable bonds is 5. The van der Waals surface area contributed by atoms with E-state index < -0.39 is 0 Å². The minimum absolute atomic E-state index is 0.674. The number of hydrogen-bond donors (Lipinski definition) is 0. The molecular formula is C17H16BrNO. The second-order valence-electron chi connectivity index (χ2n) is 4.49. The predicted molar refractivity (Wildman–Crippen MR) is 85.0 cm³/mol. The SMILES string of the molecule is CCCOc1cc(-c2ccc(C#N)cc2)ccc1CBr. The smallest absolute Gasteiger partial charge is 0.123 e. The summed E-state index contributed by atoms with van der Waals surface area (Å²) in [5, 5.41) is 9.61. The molecule has 0 heterocycles. The van der Waals surface area contributed by atoms with E-state index in [1.54, 1.807) is 0 Å². The van der Waals surface area contributed by atoms with Crippen LogP contribution in [0.4, 0.5) is 0 Å². The maximum absolute atomic E-state index is 8.83. The molecule has 0 aliphatic rings. The quantitative estimate of drug-likeness (QED) is 0.730. The van der Waals surface area contributed by atoms with Crippen molar-refractivity contribution >= 4 is 15.9 Å². The number of nitrogens with zero attached hydrogens (tertiary/aromatic N) is 1. The largest absolute Gasteiger partial charge is 0.493 e. The molecule has 0 N–H and O–H groups in total. The molecule has 102 valence electrons. The number of benzene rings is 2. The van der Waals surface area contributed by atoms with Gasteiger partial charge in [0.25, 0.3) is 0 Å². The van der Waals surface area contributed by atoms with Crippen LogP contribution < -0.4 is 4.74 Å². The first-order valence-electron chi connectivity index (χ1n) is 6.60. The van der Waals surface area contributed by atoms with E-state index in [0.29, 0.717) is 5.56 Å². The summed E-state index contributed by atoms with van der Waals surface area (Å²) in [6, 6.07) is 15.9. The average molecular weight is 330 g/mol. The lowest BCUT2D eigenvalue weighted by Gasteiger charge is -2.11. The van der Waals surface area contributed by atoms with E-state index in [9.17, 15) is 0 Å². The second kappa shape index (κ2) is 7.12. The minimum Gasteiger partial charge on any atom is -0.493 e. The highest BCUT2D eigenvalue weighted by Gasteiger charge is 2.06. The number of halogens is 1. The Bertz CT molecular complexity index is 614. The summed E-state index contributed by atoms with van der Waals surface area (Å²) in [6.45, 7) is 2.81. The summed E-state index contributed by atoms with van der Waals surface area (Å²) in [5.74, 6) is 0.922. The molecule has 0 bridgehead atoms. The Balaban J connectivity index is 2.33. The van der Waals surface area contributed by atoms with Gasteiger partial charge in [-0.25, -0.2) is 0 Å². The Kier molecular flexibility index (Phi) is 5.20. The van der Waals surface area contributed by atoms with Crippen LogP contribution in [0.3, 0.4) is 0 Å². The summed E-state index contributed by atoms with van der Waals surface area (Å²) < 4.78 is 5.80. The van der Waals surface area contributed by atoms with Gasteiger partial charge in [0, 0.05) is 10.9 Å². The zero-order chi connectivity index (χ0) is 14.4. The fourth-order valence-corrected chi connectivity index (χ4v) is 2.39. The standard InChI is InChI=1S/C17H16BrNO/c1-2-9-20-17-10-15(7-8-16(17)11-18)14-5-3-13(12-19)4-6-14/h3-8,10H,2,9,11H2,1H3. The van der Waals surface area contributed by atoms with Crippen LogP contribution in [0.1, 0.15) is 24.5 Å². The third-order valence-electron chi connectivity index (χ3n) is 3.02. The lowest BCUT2D eigenvalue weighted by molar-refractivity contribution is 0.315. The Labute approximate surface area is 128 Å². The summed E-state index contributed by atoms with van der Waals surface area (Å²) in [7, 11) is 0. The van der Waals surface area contributed by atoms with Crippen LogP contribution in [0.15, 0.2) is 42.5 Å². The fourth-order valence-electron chi connectivity index (χ4n) is 1.93.